The second kappa shape index (κ2) is 8.35. The predicted octanol–water partition coefficient (Wildman–Crippen LogP) is 6.71. The van der Waals surface area contributed by atoms with Crippen molar-refractivity contribution in [3.05, 3.63) is 86.8 Å². The van der Waals surface area contributed by atoms with E-state index in [-0.39, 0.29) is 5.56 Å². The number of aromatic nitrogens is 2. The number of hydrogen-bond donors (Lipinski definition) is 0. The van der Waals surface area contributed by atoms with Gasteiger partial charge < -0.3 is 9.09 Å². The van der Waals surface area contributed by atoms with Crippen molar-refractivity contribution in [3.63, 3.8) is 0 Å². The van der Waals surface area contributed by atoms with E-state index in [0.717, 1.165) is 40.6 Å². The molecule has 158 valence electrons. The summed E-state index contributed by atoms with van der Waals surface area (Å²) >= 11 is 6.46. The minimum Gasteiger partial charge on any atom is -0.356 e. The molecule has 0 saturated heterocycles. The Balaban J connectivity index is 1.84. The summed E-state index contributed by atoms with van der Waals surface area (Å²) in [5, 5.41) is 5.80. The molecular formula is C26H25ClN2O2. The van der Waals surface area contributed by atoms with Gasteiger partial charge in [-0.05, 0) is 55.0 Å². The molecule has 4 aromatic rings. The van der Waals surface area contributed by atoms with E-state index in [4.69, 9.17) is 16.1 Å². The van der Waals surface area contributed by atoms with E-state index in [9.17, 15) is 4.79 Å². The molecular weight excluding hydrogens is 408 g/mol. The Morgan fingerprint density at radius 3 is 2.55 bits per heavy atom. The Hall–Kier alpha value is -2.85. The van der Waals surface area contributed by atoms with Gasteiger partial charge >= 0.3 is 0 Å². The number of benzene rings is 2. The molecule has 0 N–H and O–H groups in total. The monoisotopic (exact) mass is 432 g/mol. The molecule has 5 rings (SSSR count). The number of pyridine rings is 1. The molecule has 2 heterocycles. The molecule has 0 unspecified atom stereocenters. The zero-order chi connectivity index (χ0) is 21.4. The first kappa shape index (κ1) is 20.1. The minimum absolute atomic E-state index is 0.0320. The van der Waals surface area contributed by atoms with Crippen LogP contribution in [0.15, 0.2) is 63.9 Å². The van der Waals surface area contributed by atoms with Gasteiger partial charge in [-0.2, -0.15) is 0 Å². The Bertz CT molecular complexity index is 1280. The summed E-state index contributed by atoms with van der Waals surface area (Å²) in [6.45, 7) is 2.37. The van der Waals surface area contributed by atoms with E-state index in [1.54, 1.807) is 0 Å². The second-order valence-corrected chi connectivity index (χ2v) is 8.93. The molecule has 1 saturated carbocycles. The van der Waals surface area contributed by atoms with Crippen molar-refractivity contribution in [1.29, 1.82) is 0 Å². The van der Waals surface area contributed by atoms with Gasteiger partial charge in [0.1, 0.15) is 0 Å². The zero-order valence-electron chi connectivity index (χ0n) is 17.6. The summed E-state index contributed by atoms with van der Waals surface area (Å²) in [6.07, 6.45) is 5.74. The normalized spacial score (nSPS) is 14.9. The van der Waals surface area contributed by atoms with E-state index < -0.39 is 0 Å². The van der Waals surface area contributed by atoms with Gasteiger partial charge in [0, 0.05) is 16.5 Å². The van der Waals surface area contributed by atoms with Crippen molar-refractivity contribution < 1.29 is 4.52 Å². The van der Waals surface area contributed by atoms with Crippen LogP contribution in [0.3, 0.4) is 0 Å². The summed E-state index contributed by atoms with van der Waals surface area (Å²) in [7, 11) is 0. The standard InChI is InChI=1S/C26H25ClN2O2/c1-17-14-23(31-28-17)25-24(19-10-6-3-7-11-19)21-15-20(27)12-13-22(21)29(26(25)30)16-18-8-4-2-5-9-18/h2,4-5,8-9,12-15,19H,3,6-7,10-11,16H2,1H3. The van der Waals surface area contributed by atoms with Gasteiger partial charge in [-0.15, -0.1) is 0 Å². The third kappa shape index (κ3) is 3.81. The molecule has 0 radical (unpaired) electrons. The van der Waals surface area contributed by atoms with Crippen LogP contribution in [0.4, 0.5) is 0 Å². The van der Waals surface area contributed by atoms with Crippen LogP contribution in [0.2, 0.25) is 5.02 Å². The fraction of sp³-hybridized carbons (Fsp3) is 0.308. The van der Waals surface area contributed by atoms with Crippen LogP contribution in [0.1, 0.15) is 54.8 Å². The van der Waals surface area contributed by atoms with E-state index in [1.165, 1.54) is 19.3 Å². The molecule has 0 spiro atoms. The van der Waals surface area contributed by atoms with Crippen LogP contribution in [0.25, 0.3) is 22.2 Å². The Kier molecular flexibility index (Phi) is 5.41. The number of nitrogens with zero attached hydrogens (tertiary/aromatic N) is 2. The Morgan fingerprint density at radius 1 is 1.06 bits per heavy atom. The average Bonchev–Trinajstić information content (AvgIpc) is 3.22. The van der Waals surface area contributed by atoms with Crippen LogP contribution in [-0.2, 0) is 6.54 Å². The first-order valence-corrected chi connectivity index (χ1v) is 11.3. The number of aryl methyl sites for hydroxylation is 1. The van der Waals surface area contributed by atoms with Gasteiger partial charge in [0.05, 0.1) is 23.3 Å². The molecule has 1 aliphatic carbocycles. The van der Waals surface area contributed by atoms with E-state index in [2.05, 4.69) is 5.16 Å². The van der Waals surface area contributed by atoms with Gasteiger partial charge in [-0.1, -0.05) is 66.4 Å². The topological polar surface area (TPSA) is 48.0 Å². The maximum Gasteiger partial charge on any atom is 0.262 e. The maximum atomic E-state index is 14.0. The van der Waals surface area contributed by atoms with E-state index in [0.29, 0.717) is 28.8 Å². The van der Waals surface area contributed by atoms with Crippen molar-refractivity contribution >= 4 is 22.5 Å². The lowest BCUT2D eigenvalue weighted by atomic mass is 9.80. The number of hydrogen-bond acceptors (Lipinski definition) is 3. The number of halogens is 1. The number of rotatable bonds is 4. The fourth-order valence-corrected chi connectivity index (χ4v) is 5.08. The highest BCUT2D eigenvalue weighted by Crippen LogP contribution is 2.41. The summed E-state index contributed by atoms with van der Waals surface area (Å²) in [6, 6.07) is 17.8. The quantitative estimate of drug-likeness (QED) is 0.360. The smallest absolute Gasteiger partial charge is 0.262 e. The minimum atomic E-state index is -0.0320. The molecule has 0 aliphatic heterocycles. The lowest BCUT2D eigenvalue weighted by Crippen LogP contribution is -2.26. The van der Waals surface area contributed by atoms with Gasteiger partial charge in [0.25, 0.3) is 5.56 Å². The highest BCUT2D eigenvalue weighted by Gasteiger charge is 2.28. The third-order valence-electron chi connectivity index (χ3n) is 6.34. The summed E-state index contributed by atoms with van der Waals surface area (Å²) in [5.41, 5.74) is 4.44. The van der Waals surface area contributed by atoms with Crippen molar-refractivity contribution in [2.75, 3.05) is 0 Å². The van der Waals surface area contributed by atoms with Crippen molar-refractivity contribution in [1.82, 2.24) is 9.72 Å². The van der Waals surface area contributed by atoms with Crippen LogP contribution in [0, 0.1) is 6.92 Å². The predicted molar refractivity (Wildman–Crippen MR) is 125 cm³/mol. The Labute approximate surface area is 186 Å². The zero-order valence-corrected chi connectivity index (χ0v) is 18.4. The van der Waals surface area contributed by atoms with Crippen LogP contribution in [0.5, 0.6) is 0 Å². The van der Waals surface area contributed by atoms with Gasteiger partial charge in [0.15, 0.2) is 5.76 Å². The molecule has 0 bridgehead atoms. The van der Waals surface area contributed by atoms with Crippen LogP contribution >= 0.6 is 11.6 Å². The molecule has 0 amide bonds. The highest BCUT2D eigenvalue weighted by molar-refractivity contribution is 6.31. The van der Waals surface area contributed by atoms with Gasteiger partial charge in [-0.25, -0.2) is 0 Å². The molecule has 2 aromatic heterocycles. The highest BCUT2D eigenvalue weighted by atomic mass is 35.5. The third-order valence-corrected chi connectivity index (χ3v) is 6.57. The van der Waals surface area contributed by atoms with Crippen LogP contribution in [-0.4, -0.2) is 9.72 Å². The molecule has 5 heteroatoms. The van der Waals surface area contributed by atoms with Crippen molar-refractivity contribution in [2.24, 2.45) is 0 Å². The van der Waals surface area contributed by atoms with E-state index in [1.807, 2.05) is 66.1 Å². The maximum absolute atomic E-state index is 14.0. The molecule has 1 aliphatic rings. The van der Waals surface area contributed by atoms with Gasteiger partial charge in [-0.3, -0.25) is 4.79 Å². The largest absolute Gasteiger partial charge is 0.356 e. The van der Waals surface area contributed by atoms with Crippen LogP contribution < -0.4 is 5.56 Å². The Morgan fingerprint density at radius 2 is 1.84 bits per heavy atom. The molecule has 0 atom stereocenters. The van der Waals surface area contributed by atoms with Crippen molar-refractivity contribution in [2.45, 2.75) is 51.5 Å². The van der Waals surface area contributed by atoms with Crippen molar-refractivity contribution in [3.8, 4) is 11.3 Å². The number of fused-ring (bicyclic) bond motifs is 1. The molecule has 2 aromatic carbocycles. The lowest BCUT2D eigenvalue weighted by molar-refractivity contribution is 0.421. The second-order valence-electron chi connectivity index (χ2n) is 8.49. The van der Waals surface area contributed by atoms with E-state index >= 15 is 0 Å². The molecule has 4 nitrogen and oxygen atoms in total. The summed E-state index contributed by atoms with van der Waals surface area (Å²) in [4.78, 5) is 14.0. The summed E-state index contributed by atoms with van der Waals surface area (Å²) < 4.78 is 7.50. The average molecular weight is 433 g/mol. The lowest BCUT2D eigenvalue weighted by Gasteiger charge is -2.26. The first-order chi connectivity index (χ1) is 15.1. The first-order valence-electron chi connectivity index (χ1n) is 11.0. The molecule has 31 heavy (non-hydrogen) atoms. The van der Waals surface area contributed by atoms with Gasteiger partial charge in [0.2, 0.25) is 0 Å². The fourth-order valence-electron chi connectivity index (χ4n) is 4.91. The molecule has 1 fully saturated rings. The SMILES string of the molecule is Cc1cc(-c2c(C3CCCCC3)c3cc(Cl)ccc3n(Cc3ccccc3)c2=O)on1. The summed E-state index contributed by atoms with van der Waals surface area (Å²) in [5.74, 6) is 0.862.